The molecular formula is C18H20N2O6. The van der Waals surface area contributed by atoms with Gasteiger partial charge in [-0.25, -0.2) is 9.59 Å². The summed E-state index contributed by atoms with van der Waals surface area (Å²) in [6, 6.07) is 5.99. The van der Waals surface area contributed by atoms with Gasteiger partial charge in [0.2, 0.25) is 0 Å². The van der Waals surface area contributed by atoms with Gasteiger partial charge in [-0.15, -0.1) is 0 Å². The lowest BCUT2D eigenvalue weighted by molar-refractivity contribution is -0.385. The number of carbonyl (C=O) groups is 2. The standard InChI is InChI=1S/C18H20N2O6/c1-4-9-19-10-13(17(21)25-2)16(14(11-19)18(22)26-3)12-7-5-6-8-15(12)20(23)24/h5-8,10-11,16H,4,9H2,1-3H3. The van der Waals surface area contributed by atoms with Crippen molar-refractivity contribution in [2.45, 2.75) is 19.3 Å². The molecule has 1 aliphatic rings. The minimum absolute atomic E-state index is 0.137. The van der Waals surface area contributed by atoms with E-state index in [4.69, 9.17) is 9.47 Å². The molecule has 2 rings (SSSR count). The van der Waals surface area contributed by atoms with Crippen molar-refractivity contribution < 1.29 is 24.0 Å². The number of para-hydroxylation sites is 1. The zero-order chi connectivity index (χ0) is 19.3. The minimum Gasteiger partial charge on any atom is -0.466 e. The monoisotopic (exact) mass is 360 g/mol. The fourth-order valence-corrected chi connectivity index (χ4v) is 2.91. The van der Waals surface area contributed by atoms with Crippen LogP contribution in [0.5, 0.6) is 0 Å². The molecule has 1 aromatic carbocycles. The van der Waals surface area contributed by atoms with Crippen LogP contribution < -0.4 is 0 Å². The van der Waals surface area contributed by atoms with Crippen molar-refractivity contribution in [1.29, 1.82) is 0 Å². The molecule has 0 atom stereocenters. The number of methoxy groups -OCH3 is 2. The third kappa shape index (κ3) is 3.74. The molecule has 0 saturated heterocycles. The topological polar surface area (TPSA) is 99.0 Å². The SMILES string of the molecule is CCCN1C=C(C(=O)OC)C(c2ccccc2[N+](=O)[O-])C(C(=O)OC)=C1. The molecule has 0 fully saturated rings. The molecular weight excluding hydrogens is 340 g/mol. The van der Waals surface area contributed by atoms with Gasteiger partial charge < -0.3 is 14.4 Å². The molecule has 1 heterocycles. The predicted octanol–water partition coefficient (Wildman–Crippen LogP) is 2.52. The van der Waals surface area contributed by atoms with Crippen LogP contribution in [0, 0.1) is 10.1 Å². The smallest absolute Gasteiger partial charge is 0.336 e. The molecule has 0 aromatic heterocycles. The maximum absolute atomic E-state index is 12.4. The molecule has 26 heavy (non-hydrogen) atoms. The van der Waals surface area contributed by atoms with Crippen LogP contribution in [-0.2, 0) is 19.1 Å². The second kappa shape index (κ2) is 8.28. The van der Waals surface area contributed by atoms with E-state index in [2.05, 4.69) is 0 Å². The Hall–Kier alpha value is -3.16. The second-order valence-electron chi connectivity index (χ2n) is 5.64. The first-order chi connectivity index (χ1) is 12.4. The molecule has 0 N–H and O–H groups in total. The average Bonchev–Trinajstić information content (AvgIpc) is 2.66. The van der Waals surface area contributed by atoms with E-state index in [1.54, 1.807) is 23.4 Å². The third-order valence-corrected chi connectivity index (χ3v) is 4.00. The molecule has 0 amide bonds. The number of ether oxygens (including phenoxy) is 2. The fraction of sp³-hybridized carbons (Fsp3) is 0.333. The number of rotatable bonds is 6. The summed E-state index contributed by atoms with van der Waals surface area (Å²) >= 11 is 0. The average molecular weight is 360 g/mol. The number of nitro benzene ring substituents is 1. The van der Waals surface area contributed by atoms with Gasteiger partial charge >= 0.3 is 11.9 Å². The Kier molecular flexibility index (Phi) is 6.11. The van der Waals surface area contributed by atoms with Gasteiger partial charge in [0.15, 0.2) is 0 Å². The highest BCUT2D eigenvalue weighted by molar-refractivity contribution is 5.99. The van der Waals surface area contributed by atoms with Crippen molar-refractivity contribution in [2.24, 2.45) is 0 Å². The molecule has 8 heteroatoms. The molecule has 0 spiro atoms. The number of hydrogen-bond donors (Lipinski definition) is 0. The highest BCUT2D eigenvalue weighted by Crippen LogP contribution is 2.40. The van der Waals surface area contributed by atoms with Crippen molar-refractivity contribution in [3.63, 3.8) is 0 Å². The number of nitrogens with zero attached hydrogens (tertiary/aromatic N) is 2. The summed E-state index contributed by atoms with van der Waals surface area (Å²) in [4.78, 5) is 37.3. The van der Waals surface area contributed by atoms with Crippen LogP contribution in [0.2, 0.25) is 0 Å². The highest BCUT2D eigenvalue weighted by Gasteiger charge is 2.38. The van der Waals surface area contributed by atoms with E-state index < -0.39 is 22.8 Å². The van der Waals surface area contributed by atoms with Crippen LogP contribution >= 0.6 is 0 Å². The van der Waals surface area contributed by atoms with E-state index >= 15 is 0 Å². The number of benzene rings is 1. The van der Waals surface area contributed by atoms with Gasteiger partial charge in [0, 0.05) is 30.6 Å². The molecule has 0 saturated carbocycles. The lowest BCUT2D eigenvalue weighted by Crippen LogP contribution is -2.29. The van der Waals surface area contributed by atoms with Gasteiger partial charge in [-0.3, -0.25) is 10.1 Å². The van der Waals surface area contributed by atoms with Crippen molar-refractivity contribution in [1.82, 2.24) is 4.90 Å². The summed E-state index contributed by atoms with van der Waals surface area (Å²) < 4.78 is 9.69. The van der Waals surface area contributed by atoms with Crippen molar-refractivity contribution >= 4 is 17.6 Å². The van der Waals surface area contributed by atoms with Crippen molar-refractivity contribution in [2.75, 3.05) is 20.8 Å². The lowest BCUT2D eigenvalue weighted by Gasteiger charge is -2.29. The Balaban J connectivity index is 2.69. The fourth-order valence-electron chi connectivity index (χ4n) is 2.91. The summed E-state index contributed by atoms with van der Waals surface area (Å²) in [5.74, 6) is -2.28. The first-order valence-corrected chi connectivity index (χ1v) is 8.03. The quantitative estimate of drug-likeness (QED) is 0.436. The van der Waals surface area contributed by atoms with Crippen LogP contribution in [0.1, 0.15) is 24.8 Å². The Morgan fingerprint density at radius 1 is 1.12 bits per heavy atom. The van der Waals surface area contributed by atoms with Crippen LogP contribution in [0.25, 0.3) is 0 Å². The molecule has 0 radical (unpaired) electrons. The summed E-state index contributed by atoms with van der Waals surface area (Å²) in [6.07, 6.45) is 3.89. The van der Waals surface area contributed by atoms with Crippen LogP contribution in [-0.4, -0.2) is 42.5 Å². The second-order valence-corrected chi connectivity index (χ2v) is 5.64. The Bertz CT molecular complexity index is 750. The summed E-state index contributed by atoms with van der Waals surface area (Å²) in [7, 11) is 2.44. The number of hydrogen-bond acceptors (Lipinski definition) is 7. The lowest BCUT2D eigenvalue weighted by atomic mass is 9.82. The van der Waals surface area contributed by atoms with Crippen molar-refractivity contribution in [3.8, 4) is 0 Å². The largest absolute Gasteiger partial charge is 0.466 e. The number of esters is 2. The van der Waals surface area contributed by atoms with Gasteiger partial charge in [0.05, 0.1) is 36.2 Å². The number of carbonyl (C=O) groups excluding carboxylic acids is 2. The van der Waals surface area contributed by atoms with E-state index in [0.29, 0.717) is 6.54 Å². The third-order valence-electron chi connectivity index (χ3n) is 4.00. The molecule has 0 aliphatic carbocycles. The normalized spacial score (nSPS) is 14.3. The molecule has 1 aliphatic heterocycles. The minimum atomic E-state index is -0.954. The van der Waals surface area contributed by atoms with Crippen LogP contribution in [0.15, 0.2) is 47.8 Å². The van der Waals surface area contributed by atoms with Gasteiger partial charge in [-0.1, -0.05) is 25.1 Å². The molecule has 138 valence electrons. The molecule has 1 aromatic rings. The maximum Gasteiger partial charge on any atom is 0.336 e. The Labute approximate surface area is 150 Å². The van der Waals surface area contributed by atoms with Crippen LogP contribution in [0.3, 0.4) is 0 Å². The molecule has 8 nitrogen and oxygen atoms in total. The zero-order valence-corrected chi connectivity index (χ0v) is 14.8. The number of nitro groups is 1. The highest BCUT2D eigenvalue weighted by atomic mass is 16.6. The first-order valence-electron chi connectivity index (χ1n) is 8.03. The van der Waals surface area contributed by atoms with Gasteiger partial charge in [-0.2, -0.15) is 0 Å². The van der Waals surface area contributed by atoms with Crippen LogP contribution in [0.4, 0.5) is 5.69 Å². The van der Waals surface area contributed by atoms with Gasteiger partial charge in [0.25, 0.3) is 5.69 Å². The summed E-state index contributed by atoms with van der Waals surface area (Å²) in [5, 5.41) is 11.4. The van der Waals surface area contributed by atoms with Gasteiger partial charge in [0.1, 0.15) is 0 Å². The van der Waals surface area contributed by atoms with E-state index in [0.717, 1.165) is 6.42 Å². The van der Waals surface area contributed by atoms with Gasteiger partial charge in [-0.05, 0) is 6.42 Å². The molecule has 0 bridgehead atoms. The molecule has 0 unspecified atom stereocenters. The zero-order valence-electron chi connectivity index (χ0n) is 14.8. The van der Waals surface area contributed by atoms with E-state index in [1.165, 1.54) is 32.4 Å². The first kappa shape index (κ1) is 19.2. The van der Waals surface area contributed by atoms with Crippen molar-refractivity contribution in [3.05, 3.63) is 63.5 Å². The Morgan fingerprint density at radius 2 is 1.65 bits per heavy atom. The summed E-state index contributed by atoms with van der Waals surface area (Å²) in [5.41, 5.74) is 0.310. The maximum atomic E-state index is 12.4. The van der Waals surface area contributed by atoms with E-state index in [-0.39, 0.29) is 22.4 Å². The van der Waals surface area contributed by atoms with E-state index in [9.17, 15) is 19.7 Å². The Morgan fingerprint density at radius 3 is 2.12 bits per heavy atom. The summed E-state index contributed by atoms with van der Waals surface area (Å²) in [6.45, 7) is 2.51. The van der Waals surface area contributed by atoms with E-state index in [1.807, 2.05) is 6.92 Å². The predicted molar refractivity (Wildman–Crippen MR) is 93.0 cm³/mol.